The van der Waals surface area contributed by atoms with Gasteiger partial charge in [-0.2, -0.15) is 0 Å². The number of anilines is 4. The van der Waals surface area contributed by atoms with E-state index in [1.807, 2.05) is 25.1 Å². The highest BCUT2D eigenvalue weighted by atomic mass is 15.3. The van der Waals surface area contributed by atoms with E-state index < -0.39 is 0 Å². The zero-order chi connectivity index (χ0) is 18.8. The average Bonchev–Trinajstić information content (AvgIpc) is 2.70. The van der Waals surface area contributed by atoms with Crippen LogP contribution in [0.1, 0.15) is 12.6 Å². The van der Waals surface area contributed by atoms with Gasteiger partial charge in [-0.1, -0.05) is 25.1 Å². The molecule has 1 saturated heterocycles. The molecule has 1 aromatic carbocycles. The van der Waals surface area contributed by atoms with Crippen LogP contribution in [0.5, 0.6) is 0 Å². The van der Waals surface area contributed by atoms with Crippen LogP contribution in [0.15, 0.2) is 36.7 Å². The molecule has 0 bridgehead atoms. The number of nitrogens with one attached hydrogen (secondary N) is 1. The second kappa shape index (κ2) is 7.36. The number of piperazine rings is 1. The topological polar surface area (TPSA) is 83.2 Å². The number of rotatable bonds is 4. The summed E-state index contributed by atoms with van der Waals surface area (Å²) in [5, 5.41) is 4.44. The largest absolute Gasteiger partial charge is 0.393 e. The number of aryl methyl sites for hydroxylation is 1. The molecule has 0 aliphatic carbocycles. The van der Waals surface area contributed by atoms with Crippen LogP contribution in [-0.2, 0) is 0 Å². The lowest BCUT2D eigenvalue weighted by Gasteiger charge is -2.35. The second-order valence-electron chi connectivity index (χ2n) is 6.84. The minimum Gasteiger partial charge on any atom is -0.393 e. The Morgan fingerprint density at radius 3 is 2.67 bits per heavy atom. The fourth-order valence-electron chi connectivity index (χ4n) is 3.49. The highest BCUT2D eigenvalue weighted by Crippen LogP contribution is 2.31. The summed E-state index contributed by atoms with van der Waals surface area (Å²) < 4.78 is 0. The van der Waals surface area contributed by atoms with Gasteiger partial charge in [0.25, 0.3) is 0 Å². The van der Waals surface area contributed by atoms with E-state index in [9.17, 15) is 0 Å². The van der Waals surface area contributed by atoms with Crippen molar-refractivity contribution in [2.24, 2.45) is 0 Å². The van der Waals surface area contributed by atoms with E-state index in [0.29, 0.717) is 11.5 Å². The molecular formula is C20H25N7. The van der Waals surface area contributed by atoms with Crippen molar-refractivity contribution in [2.45, 2.75) is 13.8 Å². The quantitative estimate of drug-likeness (QED) is 0.737. The van der Waals surface area contributed by atoms with E-state index in [1.54, 1.807) is 6.33 Å². The number of benzene rings is 1. The first kappa shape index (κ1) is 17.5. The van der Waals surface area contributed by atoms with Crippen molar-refractivity contribution in [3.8, 4) is 0 Å². The van der Waals surface area contributed by atoms with Gasteiger partial charge in [0.15, 0.2) is 11.6 Å². The van der Waals surface area contributed by atoms with Gasteiger partial charge in [-0.3, -0.25) is 4.98 Å². The van der Waals surface area contributed by atoms with E-state index >= 15 is 0 Å². The van der Waals surface area contributed by atoms with Crippen LogP contribution in [0.2, 0.25) is 0 Å². The predicted molar refractivity (Wildman–Crippen MR) is 111 cm³/mol. The summed E-state index contributed by atoms with van der Waals surface area (Å²) >= 11 is 0. The maximum Gasteiger partial charge on any atom is 0.159 e. The summed E-state index contributed by atoms with van der Waals surface area (Å²) in [7, 11) is 0. The smallest absolute Gasteiger partial charge is 0.159 e. The highest BCUT2D eigenvalue weighted by molar-refractivity contribution is 5.93. The number of aromatic nitrogens is 3. The van der Waals surface area contributed by atoms with E-state index in [1.165, 1.54) is 0 Å². The summed E-state index contributed by atoms with van der Waals surface area (Å²) in [4.78, 5) is 18.2. The highest BCUT2D eigenvalue weighted by Gasteiger charge is 2.20. The van der Waals surface area contributed by atoms with E-state index in [2.05, 4.69) is 49.1 Å². The fourth-order valence-corrected chi connectivity index (χ4v) is 3.49. The molecule has 0 amide bonds. The first-order valence-corrected chi connectivity index (χ1v) is 9.37. The summed E-state index contributed by atoms with van der Waals surface area (Å²) in [5.41, 5.74) is 9.79. The summed E-state index contributed by atoms with van der Waals surface area (Å²) in [6.07, 6.45) is 1.57. The molecule has 0 radical (unpaired) electrons. The Morgan fingerprint density at radius 2 is 1.89 bits per heavy atom. The lowest BCUT2D eigenvalue weighted by Crippen LogP contribution is -2.46. The molecule has 1 aliphatic rings. The Labute approximate surface area is 159 Å². The first-order chi connectivity index (χ1) is 13.2. The summed E-state index contributed by atoms with van der Waals surface area (Å²) in [6.45, 7) is 9.14. The van der Waals surface area contributed by atoms with Crippen LogP contribution in [-0.4, -0.2) is 52.6 Å². The number of nitrogen functional groups attached to an aromatic ring is 1. The molecule has 1 aliphatic heterocycles. The Hall–Kier alpha value is -2.93. The van der Waals surface area contributed by atoms with E-state index in [0.717, 1.165) is 60.8 Å². The lowest BCUT2D eigenvalue weighted by atomic mass is 10.1. The molecule has 3 aromatic rings. The van der Waals surface area contributed by atoms with E-state index in [4.69, 9.17) is 5.73 Å². The zero-order valence-corrected chi connectivity index (χ0v) is 15.8. The number of likely N-dealkylation sites (N-methyl/N-ethyl adjacent to an activating group) is 1. The van der Waals surface area contributed by atoms with Crippen LogP contribution < -0.4 is 16.0 Å². The van der Waals surface area contributed by atoms with Crippen LogP contribution in [0.25, 0.3) is 10.9 Å². The van der Waals surface area contributed by atoms with Crippen molar-refractivity contribution >= 4 is 33.9 Å². The van der Waals surface area contributed by atoms with Gasteiger partial charge in [-0.05, 0) is 25.6 Å². The molecule has 0 spiro atoms. The van der Waals surface area contributed by atoms with Gasteiger partial charge < -0.3 is 20.9 Å². The van der Waals surface area contributed by atoms with Gasteiger partial charge in [-0.15, -0.1) is 0 Å². The number of nitrogens with two attached hydrogens (primary N) is 1. The van der Waals surface area contributed by atoms with Crippen molar-refractivity contribution in [3.63, 3.8) is 0 Å². The van der Waals surface area contributed by atoms with Crippen LogP contribution in [0, 0.1) is 6.92 Å². The molecule has 0 atom stereocenters. The summed E-state index contributed by atoms with van der Waals surface area (Å²) in [5.74, 6) is 1.42. The maximum absolute atomic E-state index is 6.44. The number of nitrogens with zero attached hydrogens (tertiary/aromatic N) is 5. The molecular weight excluding hydrogens is 338 g/mol. The van der Waals surface area contributed by atoms with Gasteiger partial charge in [0.05, 0.1) is 11.2 Å². The molecule has 27 heavy (non-hydrogen) atoms. The predicted octanol–water partition coefficient (Wildman–Crippen LogP) is 2.80. The van der Waals surface area contributed by atoms with Crippen molar-refractivity contribution in [1.29, 1.82) is 0 Å². The van der Waals surface area contributed by atoms with Gasteiger partial charge in [0.1, 0.15) is 12.0 Å². The lowest BCUT2D eigenvalue weighted by molar-refractivity contribution is 0.270. The number of pyridine rings is 1. The molecule has 3 heterocycles. The Balaban J connectivity index is 1.63. The van der Waals surface area contributed by atoms with Crippen molar-refractivity contribution in [1.82, 2.24) is 19.9 Å². The second-order valence-corrected chi connectivity index (χ2v) is 6.84. The molecule has 0 unspecified atom stereocenters. The normalized spacial score (nSPS) is 15.3. The number of hydrogen-bond acceptors (Lipinski definition) is 7. The standard InChI is InChI=1S/C20H25N7/c1-3-26-9-11-27(12-10-26)20-17(21)19(22-13-23-20)25-16-6-4-5-15-8-7-14(2)24-18(15)16/h4-8,13H,3,9-12,21H2,1-2H3,(H,22,23,25). The number of fused-ring (bicyclic) bond motifs is 1. The molecule has 0 saturated carbocycles. The molecule has 3 N–H and O–H groups in total. The average molecular weight is 363 g/mol. The molecule has 2 aromatic heterocycles. The zero-order valence-electron chi connectivity index (χ0n) is 15.8. The maximum atomic E-state index is 6.44. The SMILES string of the molecule is CCN1CCN(c2ncnc(Nc3cccc4ccc(C)nc34)c2N)CC1. The van der Waals surface area contributed by atoms with Crippen LogP contribution >= 0.6 is 0 Å². The van der Waals surface area contributed by atoms with Gasteiger partial charge >= 0.3 is 0 Å². The van der Waals surface area contributed by atoms with Gasteiger partial charge in [0.2, 0.25) is 0 Å². The minimum atomic E-state index is 0.576. The Kier molecular flexibility index (Phi) is 4.77. The molecule has 7 nitrogen and oxygen atoms in total. The molecule has 7 heteroatoms. The summed E-state index contributed by atoms with van der Waals surface area (Å²) in [6, 6.07) is 10.1. The first-order valence-electron chi connectivity index (χ1n) is 9.37. The number of hydrogen-bond donors (Lipinski definition) is 2. The van der Waals surface area contributed by atoms with Gasteiger partial charge in [-0.25, -0.2) is 9.97 Å². The van der Waals surface area contributed by atoms with Gasteiger partial charge in [0, 0.05) is 37.3 Å². The number of para-hydroxylation sites is 1. The van der Waals surface area contributed by atoms with Crippen LogP contribution in [0.4, 0.5) is 23.0 Å². The van der Waals surface area contributed by atoms with Crippen LogP contribution in [0.3, 0.4) is 0 Å². The third-order valence-electron chi connectivity index (χ3n) is 5.09. The Morgan fingerprint density at radius 1 is 1.07 bits per heavy atom. The minimum absolute atomic E-state index is 0.576. The third-order valence-corrected chi connectivity index (χ3v) is 5.09. The van der Waals surface area contributed by atoms with Crippen molar-refractivity contribution in [2.75, 3.05) is 48.7 Å². The third kappa shape index (κ3) is 3.50. The van der Waals surface area contributed by atoms with Crippen molar-refractivity contribution < 1.29 is 0 Å². The Bertz CT molecular complexity index is 948. The monoisotopic (exact) mass is 363 g/mol. The van der Waals surface area contributed by atoms with E-state index in [-0.39, 0.29) is 0 Å². The molecule has 140 valence electrons. The van der Waals surface area contributed by atoms with Crippen molar-refractivity contribution in [3.05, 3.63) is 42.4 Å². The molecule has 1 fully saturated rings. The molecule has 4 rings (SSSR count). The fraction of sp³-hybridized carbons (Fsp3) is 0.350.